The van der Waals surface area contributed by atoms with Gasteiger partial charge in [-0.05, 0) is 36.1 Å². The molecule has 24 heavy (non-hydrogen) atoms. The van der Waals surface area contributed by atoms with E-state index in [-0.39, 0.29) is 23.3 Å². The molecular formula is C18H19ClN2O3. The molecule has 1 aromatic heterocycles. The number of methoxy groups -OCH3 is 1. The van der Waals surface area contributed by atoms with E-state index in [0.717, 1.165) is 12.0 Å². The van der Waals surface area contributed by atoms with Crippen molar-refractivity contribution in [3.05, 3.63) is 63.5 Å². The zero-order valence-electron chi connectivity index (χ0n) is 13.4. The van der Waals surface area contributed by atoms with Crippen LogP contribution >= 0.6 is 11.6 Å². The summed E-state index contributed by atoms with van der Waals surface area (Å²) >= 11 is 5.89. The summed E-state index contributed by atoms with van der Waals surface area (Å²) in [6, 6.07) is 10.7. The van der Waals surface area contributed by atoms with Gasteiger partial charge in [0.05, 0.1) is 12.3 Å². The van der Waals surface area contributed by atoms with Gasteiger partial charge in [-0.1, -0.05) is 23.7 Å². The van der Waals surface area contributed by atoms with Crippen molar-refractivity contribution < 1.29 is 9.53 Å². The van der Waals surface area contributed by atoms with Gasteiger partial charge in [0.15, 0.2) is 0 Å². The van der Waals surface area contributed by atoms with E-state index in [0.29, 0.717) is 23.9 Å². The Hall–Kier alpha value is -2.11. The number of ether oxygens (including phenoxy) is 1. The fourth-order valence-electron chi connectivity index (χ4n) is 2.77. The summed E-state index contributed by atoms with van der Waals surface area (Å²) in [5.74, 6) is 0.180. The van der Waals surface area contributed by atoms with Crippen LogP contribution < -0.4 is 10.9 Å². The zero-order chi connectivity index (χ0) is 17.1. The highest BCUT2D eigenvalue weighted by Gasteiger charge is 2.43. The quantitative estimate of drug-likeness (QED) is 0.874. The summed E-state index contributed by atoms with van der Waals surface area (Å²) in [6.07, 6.45) is 2.48. The van der Waals surface area contributed by atoms with Gasteiger partial charge in [0, 0.05) is 36.9 Å². The Morgan fingerprint density at radius 2 is 2.04 bits per heavy atom. The number of hydrogen-bond donors (Lipinski definition) is 1. The number of aromatic nitrogens is 1. The summed E-state index contributed by atoms with van der Waals surface area (Å²) in [6.45, 7) is 0.897. The number of nitrogens with zero attached hydrogens (tertiary/aromatic N) is 1. The highest BCUT2D eigenvalue weighted by atomic mass is 35.5. The molecule has 1 fully saturated rings. The van der Waals surface area contributed by atoms with Crippen LogP contribution in [0.5, 0.6) is 0 Å². The van der Waals surface area contributed by atoms with E-state index in [9.17, 15) is 9.59 Å². The van der Waals surface area contributed by atoms with Crippen LogP contribution in [0.2, 0.25) is 5.02 Å². The Bertz CT molecular complexity index is 786. The minimum Gasteiger partial charge on any atom is -0.383 e. The molecular weight excluding hydrogens is 328 g/mol. The molecule has 0 radical (unpaired) electrons. The summed E-state index contributed by atoms with van der Waals surface area (Å²) in [5.41, 5.74) is 1.64. The van der Waals surface area contributed by atoms with Gasteiger partial charge >= 0.3 is 0 Å². The van der Waals surface area contributed by atoms with Crippen LogP contribution in [0, 0.1) is 5.92 Å². The lowest BCUT2D eigenvalue weighted by molar-refractivity contribution is -0.117. The van der Waals surface area contributed by atoms with E-state index in [2.05, 4.69) is 5.32 Å². The average molecular weight is 347 g/mol. The van der Waals surface area contributed by atoms with Gasteiger partial charge in [0.25, 0.3) is 5.56 Å². The van der Waals surface area contributed by atoms with Crippen LogP contribution in [0.1, 0.15) is 17.9 Å². The molecule has 2 unspecified atom stereocenters. The smallest absolute Gasteiger partial charge is 0.250 e. The van der Waals surface area contributed by atoms with E-state index < -0.39 is 0 Å². The summed E-state index contributed by atoms with van der Waals surface area (Å²) in [4.78, 5) is 24.1. The molecule has 3 rings (SSSR count). The largest absolute Gasteiger partial charge is 0.383 e. The molecule has 1 aliphatic rings. The maximum Gasteiger partial charge on any atom is 0.250 e. The average Bonchev–Trinajstić information content (AvgIpc) is 3.37. The van der Waals surface area contributed by atoms with Crippen molar-refractivity contribution in [2.24, 2.45) is 5.92 Å². The molecule has 5 nitrogen and oxygen atoms in total. The number of nitrogens with one attached hydrogen (secondary N) is 1. The lowest BCUT2D eigenvalue weighted by Gasteiger charge is -2.09. The Balaban J connectivity index is 1.63. The molecule has 2 aromatic rings. The third-order valence-electron chi connectivity index (χ3n) is 4.21. The van der Waals surface area contributed by atoms with E-state index in [4.69, 9.17) is 16.3 Å². The Morgan fingerprint density at radius 3 is 2.75 bits per heavy atom. The first-order chi connectivity index (χ1) is 11.6. The number of amides is 1. The van der Waals surface area contributed by atoms with Crippen molar-refractivity contribution in [3.8, 4) is 0 Å². The second-order valence-corrected chi connectivity index (χ2v) is 6.37. The minimum absolute atomic E-state index is 0.0214. The number of anilines is 1. The van der Waals surface area contributed by atoms with Crippen molar-refractivity contribution in [3.63, 3.8) is 0 Å². The number of carbonyl (C=O) groups is 1. The Morgan fingerprint density at radius 1 is 1.29 bits per heavy atom. The molecule has 1 aromatic carbocycles. The summed E-state index contributed by atoms with van der Waals surface area (Å²) < 4.78 is 6.52. The first-order valence-corrected chi connectivity index (χ1v) is 8.22. The number of pyridine rings is 1. The van der Waals surface area contributed by atoms with Gasteiger partial charge in [-0.3, -0.25) is 9.59 Å². The van der Waals surface area contributed by atoms with Crippen molar-refractivity contribution in [2.75, 3.05) is 19.0 Å². The first-order valence-electron chi connectivity index (χ1n) is 7.84. The second-order valence-electron chi connectivity index (χ2n) is 5.93. The molecule has 1 N–H and O–H groups in total. The molecule has 126 valence electrons. The highest BCUT2D eigenvalue weighted by Crippen LogP contribution is 2.48. The van der Waals surface area contributed by atoms with Gasteiger partial charge in [-0.15, -0.1) is 0 Å². The fraction of sp³-hybridized carbons (Fsp3) is 0.333. The molecule has 1 amide bonds. The number of rotatable bonds is 6. The molecule has 1 aliphatic carbocycles. The first kappa shape index (κ1) is 16.7. The van der Waals surface area contributed by atoms with Crippen LogP contribution in [0.15, 0.2) is 47.4 Å². The van der Waals surface area contributed by atoms with Crippen LogP contribution in [0.25, 0.3) is 0 Å². The molecule has 0 saturated heterocycles. The van der Waals surface area contributed by atoms with Gasteiger partial charge in [0.2, 0.25) is 5.91 Å². The van der Waals surface area contributed by atoms with Crippen LogP contribution in [0.3, 0.4) is 0 Å². The number of carbonyl (C=O) groups excluding carboxylic acids is 1. The standard InChI is InChI=1S/C18H19ClN2O3/c1-24-9-8-21-11-14(6-7-17(21)22)20-18(23)16-10-15(16)12-2-4-13(19)5-3-12/h2-7,11,15-16H,8-10H2,1H3,(H,20,23). The topological polar surface area (TPSA) is 60.3 Å². The van der Waals surface area contributed by atoms with Crippen LogP contribution in [0.4, 0.5) is 5.69 Å². The molecule has 1 heterocycles. The minimum atomic E-state index is -0.115. The van der Waals surface area contributed by atoms with Crippen LogP contribution in [-0.2, 0) is 16.1 Å². The number of benzene rings is 1. The third kappa shape index (κ3) is 3.86. The van der Waals surface area contributed by atoms with Gasteiger partial charge in [0.1, 0.15) is 0 Å². The van der Waals surface area contributed by atoms with Gasteiger partial charge in [-0.2, -0.15) is 0 Å². The molecule has 6 heteroatoms. The Kier molecular flexibility index (Phi) is 5.02. The van der Waals surface area contributed by atoms with Gasteiger partial charge < -0.3 is 14.6 Å². The third-order valence-corrected chi connectivity index (χ3v) is 4.46. The fourth-order valence-corrected chi connectivity index (χ4v) is 2.89. The normalized spacial score (nSPS) is 19.1. The molecule has 0 aliphatic heterocycles. The zero-order valence-corrected chi connectivity index (χ0v) is 14.1. The molecule has 1 saturated carbocycles. The predicted octanol–water partition coefficient (Wildman–Crippen LogP) is 2.89. The lowest BCUT2D eigenvalue weighted by atomic mass is 10.1. The maximum atomic E-state index is 12.4. The van der Waals surface area contributed by atoms with E-state index >= 15 is 0 Å². The molecule has 0 bridgehead atoms. The van der Waals surface area contributed by atoms with Gasteiger partial charge in [-0.25, -0.2) is 0 Å². The number of hydrogen-bond acceptors (Lipinski definition) is 3. The Labute approximate surface area is 145 Å². The lowest BCUT2D eigenvalue weighted by Crippen LogP contribution is -2.22. The van der Waals surface area contributed by atoms with E-state index in [1.54, 1.807) is 19.4 Å². The van der Waals surface area contributed by atoms with Crippen molar-refractivity contribution in [2.45, 2.75) is 18.9 Å². The van der Waals surface area contributed by atoms with Crippen molar-refractivity contribution in [1.82, 2.24) is 4.57 Å². The second kappa shape index (κ2) is 7.20. The van der Waals surface area contributed by atoms with E-state index in [1.165, 1.54) is 10.6 Å². The summed E-state index contributed by atoms with van der Waals surface area (Å²) in [7, 11) is 1.58. The van der Waals surface area contributed by atoms with Crippen molar-refractivity contribution >= 4 is 23.2 Å². The maximum absolute atomic E-state index is 12.4. The number of halogens is 1. The SMILES string of the molecule is COCCn1cc(NC(=O)C2CC2c2ccc(Cl)cc2)ccc1=O. The summed E-state index contributed by atoms with van der Waals surface area (Å²) in [5, 5.41) is 3.59. The molecule has 0 spiro atoms. The van der Waals surface area contributed by atoms with Crippen molar-refractivity contribution in [1.29, 1.82) is 0 Å². The monoisotopic (exact) mass is 346 g/mol. The predicted molar refractivity (Wildman–Crippen MR) is 93.5 cm³/mol. The van der Waals surface area contributed by atoms with E-state index in [1.807, 2.05) is 24.3 Å². The van der Waals surface area contributed by atoms with Crippen LogP contribution in [-0.4, -0.2) is 24.2 Å². The highest BCUT2D eigenvalue weighted by molar-refractivity contribution is 6.30. The molecule has 2 atom stereocenters.